The Labute approximate surface area is 91.3 Å². The molecule has 1 rings (SSSR count). The van der Waals surface area contributed by atoms with Gasteiger partial charge in [-0.3, -0.25) is 4.79 Å². The molecule has 1 unspecified atom stereocenters. The van der Waals surface area contributed by atoms with Gasteiger partial charge in [0.05, 0.1) is 6.10 Å². The van der Waals surface area contributed by atoms with Crippen LogP contribution in [0.5, 0.6) is 0 Å². The van der Waals surface area contributed by atoms with Gasteiger partial charge in [-0.05, 0) is 18.9 Å². The highest BCUT2D eigenvalue weighted by Crippen LogP contribution is 2.22. The fourth-order valence-corrected chi connectivity index (χ4v) is 1.37. The van der Waals surface area contributed by atoms with Crippen LogP contribution >= 0.6 is 0 Å². The van der Waals surface area contributed by atoms with E-state index in [4.69, 9.17) is 5.11 Å². The van der Waals surface area contributed by atoms with Crippen LogP contribution in [-0.2, 0) is 4.79 Å². The number of aliphatic carboxylic acids is 1. The molecule has 5 heteroatoms. The zero-order chi connectivity index (χ0) is 12.1. The summed E-state index contributed by atoms with van der Waals surface area (Å²) in [6.07, 6.45) is -0.804. The average Bonchev–Trinajstić information content (AvgIpc) is 2.16. The minimum atomic E-state index is -1.10. The van der Waals surface area contributed by atoms with E-state index in [1.165, 1.54) is 0 Å². The summed E-state index contributed by atoms with van der Waals surface area (Å²) in [5.74, 6) is -2.49. The van der Waals surface area contributed by atoms with Crippen molar-refractivity contribution in [1.29, 1.82) is 0 Å². The van der Waals surface area contributed by atoms with Crippen LogP contribution in [0.1, 0.15) is 30.9 Å². The van der Waals surface area contributed by atoms with E-state index in [0.29, 0.717) is 6.07 Å². The normalized spacial score (nSPS) is 12.4. The van der Waals surface area contributed by atoms with E-state index in [1.54, 1.807) is 0 Å². The van der Waals surface area contributed by atoms with Crippen LogP contribution in [0.15, 0.2) is 18.2 Å². The number of benzene rings is 1. The van der Waals surface area contributed by atoms with Gasteiger partial charge in [0.15, 0.2) is 0 Å². The summed E-state index contributed by atoms with van der Waals surface area (Å²) in [5.41, 5.74) is -0.00760. The minimum absolute atomic E-state index is 0.00760. The first-order valence-corrected chi connectivity index (χ1v) is 4.85. The number of hydrogen-bond donors (Lipinski definition) is 2. The van der Waals surface area contributed by atoms with Gasteiger partial charge >= 0.3 is 5.97 Å². The maximum Gasteiger partial charge on any atom is 0.303 e. The van der Waals surface area contributed by atoms with Crippen LogP contribution in [0.3, 0.4) is 0 Å². The summed E-state index contributed by atoms with van der Waals surface area (Å²) >= 11 is 0. The second-order valence-electron chi connectivity index (χ2n) is 3.47. The topological polar surface area (TPSA) is 57.5 Å². The fourth-order valence-electron chi connectivity index (χ4n) is 1.37. The Morgan fingerprint density at radius 3 is 2.62 bits per heavy atom. The summed E-state index contributed by atoms with van der Waals surface area (Å²) in [6.45, 7) is 0. The number of hydrogen-bond acceptors (Lipinski definition) is 2. The Bertz CT molecular complexity index is 379. The predicted octanol–water partition coefficient (Wildman–Crippen LogP) is 2.25. The molecule has 0 aliphatic carbocycles. The first kappa shape index (κ1) is 12.6. The minimum Gasteiger partial charge on any atom is -0.481 e. The molecule has 0 aromatic heterocycles. The van der Waals surface area contributed by atoms with Crippen molar-refractivity contribution in [3.63, 3.8) is 0 Å². The predicted molar refractivity (Wildman–Crippen MR) is 52.8 cm³/mol. The molecule has 0 saturated heterocycles. The first-order valence-electron chi connectivity index (χ1n) is 4.85. The van der Waals surface area contributed by atoms with Crippen molar-refractivity contribution in [1.82, 2.24) is 0 Å². The highest BCUT2D eigenvalue weighted by atomic mass is 19.1. The Balaban J connectivity index is 2.58. The molecule has 3 nitrogen and oxygen atoms in total. The molecule has 1 aromatic rings. The van der Waals surface area contributed by atoms with Crippen LogP contribution in [0, 0.1) is 11.6 Å². The van der Waals surface area contributed by atoms with Crippen molar-refractivity contribution in [2.45, 2.75) is 25.4 Å². The fraction of sp³-hybridized carbons (Fsp3) is 0.364. The molecular formula is C11H12F2O3. The number of aliphatic hydroxyl groups is 1. The average molecular weight is 230 g/mol. The number of carbonyl (C=O) groups is 1. The number of halogens is 2. The maximum atomic E-state index is 13.2. The van der Waals surface area contributed by atoms with Crippen molar-refractivity contribution >= 4 is 5.97 Å². The standard InChI is InChI=1S/C11H12F2O3/c12-7-4-5-8(9(13)6-7)10(14)2-1-3-11(15)16/h4-6,10,14H,1-3H2,(H,15,16). The highest BCUT2D eigenvalue weighted by molar-refractivity contribution is 5.66. The second kappa shape index (κ2) is 5.55. The lowest BCUT2D eigenvalue weighted by Crippen LogP contribution is -2.03. The molecule has 16 heavy (non-hydrogen) atoms. The lowest BCUT2D eigenvalue weighted by Gasteiger charge is -2.11. The number of aliphatic hydroxyl groups excluding tert-OH is 1. The molecule has 0 aliphatic rings. The molecule has 2 N–H and O–H groups in total. The third kappa shape index (κ3) is 3.58. The van der Waals surface area contributed by atoms with Crippen molar-refractivity contribution in [2.24, 2.45) is 0 Å². The molecule has 0 bridgehead atoms. The van der Waals surface area contributed by atoms with Gasteiger partial charge in [0.25, 0.3) is 0 Å². The summed E-state index contributed by atoms with van der Waals surface area (Å²) in [5, 5.41) is 17.9. The summed E-state index contributed by atoms with van der Waals surface area (Å²) in [6, 6.07) is 2.91. The largest absolute Gasteiger partial charge is 0.481 e. The molecule has 0 fully saturated rings. The van der Waals surface area contributed by atoms with Crippen LogP contribution in [0.4, 0.5) is 8.78 Å². The van der Waals surface area contributed by atoms with E-state index in [2.05, 4.69) is 0 Å². The Kier molecular flexibility index (Phi) is 4.37. The van der Waals surface area contributed by atoms with Gasteiger partial charge in [0.1, 0.15) is 11.6 Å². The SMILES string of the molecule is O=C(O)CCCC(O)c1ccc(F)cc1F. The zero-order valence-electron chi connectivity index (χ0n) is 8.49. The molecule has 0 heterocycles. The monoisotopic (exact) mass is 230 g/mol. The Morgan fingerprint density at radius 1 is 1.38 bits per heavy atom. The molecule has 0 saturated carbocycles. The van der Waals surface area contributed by atoms with Gasteiger partial charge in [0, 0.05) is 18.1 Å². The van der Waals surface area contributed by atoms with Gasteiger partial charge in [-0.15, -0.1) is 0 Å². The number of carboxylic acid groups (broad SMARTS) is 1. The second-order valence-corrected chi connectivity index (χ2v) is 3.47. The van der Waals surface area contributed by atoms with E-state index in [9.17, 15) is 18.7 Å². The lowest BCUT2D eigenvalue weighted by molar-refractivity contribution is -0.137. The van der Waals surface area contributed by atoms with E-state index in [-0.39, 0.29) is 24.8 Å². The van der Waals surface area contributed by atoms with Gasteiger partial charge in [-0.2, -0.15) is 0 Å². The van der Waals surface area contributed by atoms with E-state index < -0.39 is 23.7 Å². The molecule has 0 aliphatic heterocycles. The summed E-state index contributed by atoms with van der Waals surface area (Å²) in [7, 11) is 0. The molecule has 0 amide bonds. The van der Waals surface area contributed by atoms with Crippen LogP contribution in [-0.4, -0.2) is 16.2 Å². The molecule has 0 spiro atoms. The van der Waals surface area contributed by atoms with Crippen molar-refractivity contribution in [3.05, 3.63) is 35.4 Å². The number of rotatable bonds is 5. The van der Waals surface area contributed by atoms with Crippen molar-refractivity contribution in [2.75, 3.05) is 0 Å². The molecule has 1 atom stereocenters. The van der Waals surface area contributed by atoms with Gasteiger partial charge in [-0.1, -0.05) is 6.07 Å². The number of carboxylic acids is 1. The van der Waals surface area contributed by atoms with Crippen molar-refractivity contribution in [3.8, 4) is 0 Å². The summed E-state index contributed by atoms with van der Waals surface area (Å²) in [4.78, 5) is 10.2. The van der Waals surface area contributed by atoms with Crippen LogP contribution in [0.2, 0.25) is 0 Å². The Morgan fingerprint density at radius 2 is 2.06 bits per heavy atom. The van der Waals surface area contributed by atoms with E-state index in [0.717, 1.165) is 12.1 Å². The summed E-state index contributed by atoms with van der Waals surface area (Å²) < 4.78 is 25.7. The van der Waals surface area contributed by atoms with Gasteiger partial charge in [-0.25, -0.2) is 8.78 Å². The van der Waals surface area contributed by atoms with E-state index >= 15 is 0 Å². The first-order chi connectivity index (χ1) is 7.50. The van der Waals surface area contributed by atoms with Crippen LogP contribution < -0.4 is 0 Å². The third-order valence-electron chi connectivity index (χ3n) is 2.19. The smallest absolute Gasteiger partial charge is 0.303 e. The quantitative estimate of drug-likeness (QED) is 0.815. The van der Waals surface area contributed by atoms with Gasteiger partial charge < -0.3 is 10.2 Å². The highest BCUT2D eigenvalue weighted by Gasteiger charge is 2.13. The lowest BCUT2D eigenvalue weighted by atomic mass is 10.0. The molecule has 1 aromatic carbocycles. The zero-order valence-corrected chi connectivity index (χ0v) is 8.49. The van der Waals surface area contributed by atoms with Gasteiger partial charge in [0.2, 0.25) is 0 Å². The molecular weight excluding hydrogens is 218 g/mol. The molecule has 88 valence electrons. The third-order valence-corrected chi connectivity index (χ3v) is 2.19. The molecule has 0 radical (unpaired) electrons. The Hall–Kier alpha value is -1.49. The maximum absolute atomic E-state index is 13.2. The van der Waals surface area contributed by atoms with Crippen molar-refractivity contribution < 1.29 is 23.8 Å². The van der Waals surface area contributed by atoms with E-state index in [1.807, 2.05) is 0 Å². The van der Waals surface area contributed by atoms with Crippen LogP contribution in [0.25, 0.3) is 0 Å².